The first-order valence-corrected chi connectivity index (χ1v) is 6.22. The lowest BCUT2D eigenvalue weighted by Gasteiger charge is -2.34. The minimum absolute atomic E-state index is 0.0247. The van der Waals surface area contributed by atoms with Crippen LogP contribution in [0.25, 0.3) is 0 Å². The molecule has 18 heavy (non-hydrogen) atoms. The van der Waals surface area contributed by atoms with Gasteiger partial charge in [0.1, 0.15) is 0 Å². The first-order chi connectivity index (χ1) is 8.69. The number of amides is 1. The van der Waals surface area contributed by atoms with Gasteiger partial charge in [-0.15, -0.1) is 0 Å². The maximum absolute atomic E-state index is 12.3. The van der Waals surface area contributed by atoms with Gasteiger partial charge in [0.05, 0.1) is 0 Å². The Labute approximate surface area is 107 Å². The van der Waals surface area contributed by atoms with Crippen molar-refractivity contribution in [1.82, 2.24) is 10.3 Å². The molecule has 0 aliphatic carbocycles. The third-order valence-corrected chi connectivity index (χ3v) is 3.32. The summed E-state index contributed by atoms with van der Waals surface area (Å²) in [5.74, 6) is 1.42. The van der Waals surface area contributed by atoms with Crippen molar-refractivity contribution >= 4 is 11.7 Å². The van der Waals surface area contributed by atoms with Gasteiger partial charge in [-0.2, -0.15) is 0 Å². The molecular formula is C13H19N3O2. The molecule has 0 saturated heterocycles. The summed E-state index contributed by atoms with van der Waals surface area (Å²) in [7, 11) is 3.63. The van der Waals surface area contributed by atoms with E-state index in [1.54, 1.807) is 18.1 Å². The van der Waals surface area contributed by atoms with E-state index in [1.165, 1.54) is 0 Å². The van der Waals surface area contributed by atoms with Crippen molar-refractivity contribution in [3.05, 3.63) is 18.3 Å². The van der Waals surface area contributed by atoms with E-state index in [0.29, 0.717) is 11.6 Å². The van der Waals surface area contributed by atoms with E-state index in [4.69, 9.17) is 4.74 Å². The number of likely N-dealkylation sites (N-methyl/N-ethyl adjacent to an activating group) is 1. The van der Waals surface area contributed by atoms with Crippen LogP contribution in [0.4, 0.5) is 5.82 Å². The summed E-state index contributed by atoms with van der Waals surface area (Å²) in [6, 6.07) is 3.67. The summed E-state index contributed by atoms with van der Waals surface area (Å²) in [6.45, 7) is 2.83. The zero-order chi connectivity index (χ0) is 13.1. The number of nitrogens with zero attached hydrogens (tertiary/aromatic N) is 2. The molecule has 2 atom stereocenters. The van der Waals surface area contributed by atoms with Gasteiger partial charge in [0.25, 0.3) is 5.91 Å². The maximum Gasteiger partial charge on any atom is 0.269 e. The molecule has 0 spiro atoms. The van der Waals surface area contributed by atoms with Crippen molar-refractivity contribution < 1.29 is 9.53 Å². The molecule has 1 aromatic heterocycles. The smallest absolute Gasteiger partial charge is 0.269 e. The molecule has 0 radical (unpaired) electrons. The van der Waals surface area contributed by atoms with Crippen LogP contribution in [0.3, 0.4) is 0 Å². The van der Waals surface area contributed by atoms with Gasteiger partial charge in [0, 0.05) is 25.7 Å². The summed E-state index contributed by atoms with van der Waals surface area (Å²) in [5.41, 5.74) is 0. The molecule has 2 unspecified atom stereocenters. The highest BCUT2D eigenvalue weighted by molar-refractivity contribution is 5.98. The van der Waals surface area contributed by atoms with E-state index in [1.807, 2.05) is 19.2 Å². The van der Waals surface area contributed by atoms with Crippen molar-refractivity contribution in [3.63, 3.8) is 0 Å². The van der Waals surface area contributed by atoms with Crippen molar-refractivity contribution in [2.75, 3.05) is 25.5 Å². The number of hydrogen-bond acceptors (Lipinski definition) is 4. The van der Waals surface area contributed by atoms with Crippen LogP contribution >= 0.6 is 0 Å². The first-order valence-electron chi connectivity index (χ1n) is 6.22. The minimum Gasteiger partial charge on any atom is -0.476 e. The Morgan fingerprint density at radius 1 is 1.61 bits per heavy atom. The van der Waals surface area contributed by atoms with Crippen LogP contribution in [-0.4, -0.2) is 37.6 Å². The molecule has 1 aliphatic heterocycles. The van der Waals surface area contributed by atoms with Crippen LogP contribution in [0, 0.1) is 5.92 Å². The molecule has 1 amide bonds. The highest BCUT2D eigenvalue weighted by Gasteiger charge is 2.37. The van der Waals surface area contributed by atoms with Gasteiger partial charge in [-0.1, -0.05) is 6.92 Å². The number of rotatable bonds is 4. The third kappa shape index (κ3) is 2.18. The van der Waals surface area contributed by atoms with E-state index in [9.17, 15) is 4.79 Å². The maximum atomic E-state index is 12.3. The minimum atomic E-state index is -0.427. The molecule has 1 aromatic rings. The molecule has 2 heterocycles. The molecule has 0 saturated carbocycles. The highest BCUT2D eigenvalue weighted by atomic mass is 16.5. The first kappa shape index (κ1) is 12.8. The fourth-order valence-electron chi connectivity index (χ4n) is 2.23. The van der Waals surface area contributed by atoms with Gasteiger partial charge >= 0.3 is 0 Å². The lowest BCUT2D eigenvalue weighted by Crippen LogP contribution is -2.49. The Bertz CT molecular complexity index is 436. The number of ether oxygens (including phenoxy) is 1. The molecule has 5 heteroatoms. The van der Waals surface area contributed by atoms with E-state index in [2.05, 4.69) is 17.2 Å². The van der Waals surface area contributed by atoms with Crippen LogP contribution in [0.15, 0.2) is 18.3 Å². The monoisotopic (exact) mass is 249 g/mol. The fourth-order valence-corrected chi connectivity index (χ4v) is 2.23. The number of pyridine rings is 1. The van der Waals surface area contributed by atoms with Crippen LogP contribution in [0.2, 0.25) is 0 Å². The topological polar surface area (TPSA) is 54.5 Å². The second-order valence-electron chi connectivity index (χ2n) is 4.49. The van der Waals surface area contributed by atoms with Crippen LogP contribution < -0.4 is 15.0 Å². The van der Waals surface area contributed by atoms with Crippen molar-refractivity contribution in [1.29, 1.82) is 0 Å². The fraction of sp³-hybridized carbons (Fsp3) is 0.538. The Balaban J connectivity index is 2.28. The van der Waals surface area contributed by atoms with Crippen molar-refractivity contribution in [2.24, 2.45) is 5.92 Å². The van der Waals surface area contributed by atoms with Gasteiger partial charge in [0.2, 0.25) is 0 Å². The summed E-state index contributed by atoms with van der Waals surface area (Å²) in [6.07, 6.45) is 2.13. The molecule has 0 bridgehead atoms. The molecule has 1 N–H and O–H groups in total. The Kier molecular flexibility index (Phi) is 3.81. The Hall–Kier alpha value is -1.62. The van der Waals surface area contributed by atoms with E-state index in [-0.39, 0.29) is 11.8 Å². The largest absolute Gasteiger partial charge is 0.476 e. The molecule has 5 nitrogen and oxygen atoms in total. The number of fused-ring (bicyclic) bond motifs is 1. The van der Waals surface area contributed by atoms with Crippen LogP contribution in [0.1, 0.15) is 13.3 Å². The van der Waals surface area contributed by atoms with Gasteiger partial charge in [-0.3, -0.25) is 9.69 Å². The van der Waals surface area contributed by atoms with Crippen LogP contribution in [-0.2, 0) is 4.79 Å². The lowest BCUT2D eigenvalue weighted by atomic mass is 9.97. The Morgan fingerprint density at radius 2 is 2.39 bits per heavy atom. The lowest BCUT2D eigenvalue weighted by molar-refractivity contribution is -0.128. The quantitative estimate of drug-likeness (QED) is 0.866. The van der Waals surface area contributed by atoms with Gasteiger partial charge in [-0.05, 0) is 25.6 Å². The van der Waals surface area contributed by atoms with Crippen molar-refractivity contribution in [3.8, 4) is 5.75 Å². The van der Waals surface area contributed by atoms with Crippen molar-refractivity contribution in [2.45, 2.75) is 19.4 Å². The van der Waals surface area contributed by atoms with Crippen LogP contribution in [0.5, 0.6) is 5.75 Å². The predicted molar refractivity (Wildman–Crippen MR) is 69.8 cm³/mol. The average molecular weight is 249 g/mol. The standard InChI is InChI=1S/C13H19N3O2/c1-4-9(8-14-2)11-13(17)16(3)12-10(18-11)6-5-7-15-12/h5-7,9,11,14H,4,8H2,1-3H3. The van der Waals surface area contributed by atoms with E-state index >= 15 is 0 Å². The summed E-state index contributed by atoms with van der Waals surface area (Å²) < 4.78 is 5.83. The Morgan fingerprint density at radius 3 is 3.06 bits per heavy atom. The molecular weight excluding hydrogens is 230 g/mol. The van der Waals surface area contributed by atoms with E-state index in [0.717, 1.165) is 13.0 Å². The zero-order valence-corrected chi connectivity index (χ0v) is 11.0. The number of anilines is 1. The number of nitrogens with one attached hydrogen (secondary N) is 1. The average Bonchev–Trinajstić information content (AvgIpc) is 2.40. The molecule has 1 aliphatic rings. The summed E-state index contributed by atoms with van der Waals surface area (Å²) in [5, 5.41) is 3.11. The normalized spacial score (nSPS) is 20.3. The molecule has 0 fully saturated rings. The summed E-state index contributed by atoms with van der Waals surface area (Å²) >= 11 is 0. The van der Waals surface area contributed by atoms with E-state index < -0.39 is 6.10 Å². The molecule has 2 rings (SSSR count). The predicted octanol–water partition coefficient (Wildman–Crippen LogP) is 1.05. The SMILES string of the molecule is CCC(CNC)C1Oc2cccnc2N(C)C1=O. The molecule has 98 valence electrons. The molecule has 0 aromatic carbocycles. The number of hydrogen-bond donors (Lipinski definition) is 1. The second-order valence-corrected chi connectivity index (χ2v) is 4.49. The number of carbonyl (C=O) groups excluding carboxylic acids is 1. The number of carbonyl (C=O) groups is 1. The van der Waals surface area contributed by atoms with Gasteiger partial charge in [-0.25, -0.2) is 4.98 Å². The second kappa shape index (κ2) is 5.35. The number of aromatic nitrogens is 1. The highest BCUT2D eigenvalue weighted by Crippen LogP contribution is 2.32. The van der Waals surface area contributed by atoms with Gasteiger partial charge in [0.15, 0.2) is 17.7 Å². The third-order valence-electron chi connectivity index (χ3n) is 3.32. The van der Waals surface area contributed by atoms with Gasteiger partial charge < -0.3 is 10.1 Å². The summed E-state index contributed by atoms with van der Waals surface area (Å²) in [4.78, 5) is 18.1. The zero-order valence-electron chi connectivity index (χ0n) is 11.0.